The van der Waals surface area contributed by atoms with E-state index in [0.29, 0.717) is 12.8 Å². The number of rotatable bonds is 5. The molecular formula is C12H14N2O5. The van der Waals surface area contributed by atoms with Crippen LogP contribution in [0.5, 0.6) is 5.75 Å². The minimum atomic E-state index is -1.10. The molecule has 0 aromatic heterocycles. The Balaban J connectivity index is 2.40. The molecule has 0 unspecified atom stereocenters. The smallest absolute Gasteiger partial charge is 0.333 e. The van der Waals surface area contributed by atoms with E-state index < -0.39 is 16.4 Å². The fraction of sp³-hybridized carbons (Fsp3) is 0.417. The van der Waals surface area contributed by atoms with Crippen molar-refractivity contribution in [2.75, 3.05) is 12.4 Å². The largest absolute Gasteiger partial charge is 0.490 e. The molecule has 0 saturated heterocycles. The predicted molar refractivity (Wildman–Crippen MR) is 67.5 cm³/mol. The van der Waals surface area contributed by atoms with E-state index in [1.54, 1.807) is 6.07 Å². The van der Waals surface area contributed by atoms with E-state index in [-0.39, 0.29) is 17.1 Å². The number of nitrogens with zero attached hydrogens (tertiary/aromatic N) is 1. The summed E-state index contributed by atoms with van der Waals surface area (Å²) in [4.78, 5) is 21.8. The molecule has 0 aliphatic heterocycles. The lowest BCUT2D eigenvalue weighted by Gasteiger charge is -2.38. The van der Waals surface area contributed by atoms with Crippen molar-refractivity contribution in [3.05, 3.63) is 28.3 Å². The van der Waals surface area contributed by atoms with Crippen molar-refractivity contribution in [2.24, 2.45) is 0 Å². The average molecular weight is 266 g/mol. The van der Waals surface area contributed by atoms with E-state index >= 15 is 0 Å². The van der Waals surface area contributed by atoms with Crippen LogP contribution in [0.1, 0.15) is 19.3 Å². The minimum Gasteiger partial charge on any atom is -0.490 e. The Morgan fingerprint density at radius 1 is 1.53 bits per heavy atom. The van der Waals surface area contributed by atoms with Crippen LogP contribution in [0.4, 0.5) is 11.4 Å². The van der Waals surface area contributed by atoms with E-state index in [9.17, 15) is 20.0 Å². The highest BCUT2D eigenvalue weighted by atomic mass is 16.6. The lowest BCUT2D eigenvalue weighted by atomic mass is 9.76. The number of carboxylic acids is 1. The fourth-order valence-corrected chi connectivity index (χ4v) is 2.16. The van der Waals surface area contributed by atoms with Crippen molar-refractivity contribution < 1.29 is 19.6 Å². The lowest BCUT2D eigenvalue weighted by Crippen LogP contribution is -2.52. The molecule has 0 heterocycles. The Hall–Kier alpha value is -2.31. The molecule has 7 heteroatoms. The molecule has 1 fully saturated rings. The van der Waals surface area contributed by atoms with Crippen LogP contribution in [0, 0.1) is 10.1 Å². The zero-order valence-electron chi connectivity index (χ0n) is 10.4. The highest BCUT2D eigenvalue weighted by molar-refractivity contribution is 5.85. The first-order chi connectivity index (χ1) is 9.00. The number of nitro groups is 1. The number of aliphatic carboxylic acids is 1. The molecule has 2 rings (SSSR count). The molecule has 0 spiro atoms. The summed E-state index contributed by atoms with van der Waals surface area (Å²) in [5.41, 5.74) is -1.17. The number of methoxy groups -OCH3 is 1. The van der Waals surface area contributed by atoms with Gasteiger partial charge < -0.3 is 15.2 Å². The maximum atomic E-state index is 11.3. The van der Waals surface area contributed by atoms with Crippen LogP contribution in [0.2, 0.25) is 0 Å². The summed E-state index contributed by atoms with van der Waals surface area (Å²) in [6.07, 6.45) is 1.70. The molecule has 7 nitrogen and oxygen atoms in total. The SMILES string of the molecule is COc1cccc(NC2(C(=O)O)CCC2)c1[N+](=O)[O-]. The zero-order chi connectivity index (χ0) is 14.0. The zero-order valence-corrected chi connectivity index (χ0v) is 10.4. The number of ether oxygens (including phenoxy) is 1. The molecule has 1 aromatic rings. The maximum Gasteiger partial charge on any atom is 0.333 e. The number of carboxylic acid groups (broad SMARTS) is 1. The van der Waals surface area contributed by atoms with Crippen LogP contribution in [-0.2, 0) is 4.79 Å². The molecule has 1 aromatic carbocycles. The summed E-state index contributed by atoms with van der Waals surface area (Å²) in [7, 11) is 1.34. The summed E-state index contributed by atoms with van der Waals surface area (Å²) in [5.74, 6) is -0.884. The average Bonchev–Trinajstić information content (AvgIpc) is 2.32. The number of hydrogen-bond acceptors (Lipinski definition) is 5. The van der Waals surface area contributed by atoms with Gasteiger partial charge in [-0.3, -0.25) is 10.1 Å². The molecule has 2 N–H and O–H groups in total. The minimum absolute atomic E-state index is 0.106. The van der Waals surface area contributed by atoms with Gasteiger partial charge in [-0.1, -0.05) is 6.07 Å². The third-order valence-corrected chi connectivity index (χ3v) is 3.39. The summed E-state index contributed by atoms with van der Waals surface area (Å²) >= 11 is 0. The van der Waals surface area contributed by atoms with Crippen molar-refractivity contribution in [1.82, 2.24) is 0 Å². The molecule has 0 atom stereocenters. The third kappa shape index (κ3) is 2.18. The Bertz CT molecular complexity index is 525. The van der Waals surface area contributed by atoms with Gasteiger partial charge in [0, 0.05) is 0 Å². The van der Waals surface area contributed by atoms with Gasteiger partial charge >= 0.3 is 11.7 Å². The molecule has 1 aliphatic rings. The van der Waals surface area contributed by atoms with Crippen LogP contribution >= 0.6 is 0 Å². The second-order valence-corrected chi connectivity index (χ2v) is 4.48. The van der Waals surface area contributed by atoms with Gasteiger partial charge in [0.05, 0.1) is 12.0 Å². The number of anilines is 1. The molecule has 0 bridgehead atoms. The van der Waals surface area contributed by atoms with Gasteiger partial charge in [-0.15, -0.1) is 0 Å². The van der Waals surface area contributed by atoms with Crippen LogP contribution in [0.25, 0.3) is 0 Å². The number of para-hydroxylation sites is 1. The predicted octanol–water partition coefficient (Wildman–Crippen LogP) is 2.02. The molecule has 0 amide bonds. The molecule has 0 radical (unpaired) electrons. The standard InChI is InChI=1S/C12H14N2O5/c1-19-9-5-2-4-8(10(9)14(17)18)13-12(11(15)16)6-3-7-12/h2,4-5,13H,3,6-7H2,1H3,(H,15,16). The van der Waals surface area contributed by atoms with Crippen LogP contribution in [0.3, 0.4) is 0 Å². The Morgan fingerprint density at radius 3 is 2.63 bits per heavy atom. The van der Waals surface area contributed by atoms with Gasteiger partial charge in [-0.2, -0.15) is 0 Å². The quantitative estimate of drug-likeness (QED) is 0.624. The second kappa shape index (κ2) is 4.75. The van der Waals surface area contributed by atoms with E-state index in [1.807, 2.05) is 0 Å². The first-order valence-corrected chi connectivity index (χ1v) is 5.83. The van der Waals surface area contributed by atoms with Crippen molar-refractivity contribution in [3.8, 4) is 5.75 Å². The monoisotopic (exact) mass is 266 g/mol. The topological polar surface area (TPSA) is 102 Å². The summed E-state index contributed by atoms with van der Waals surface area (Å²) in [5, 5.41) is 23.1. The summed E-state index contributed by atoms with van der Waals surface area (Å²) < 4.78 is 4.94. The van der Waals surface area contributed by atoms with Gasteiger partial charge in [0.15, 0.2) is 5.75 Å². The van der Waals surface area contributed by atoms with Crippen molar-refractivity contribution in [1.29, 1.82) is 0 Å². The maximum absolute atomic E-state index is 11.3. The molecule has 19 heavy (non-hydrogen) atoms. The van der Waals surface area contributed by atoms with Crippen molar-refractivity contribution in [3.63, 3.8) is 0 Å². The normalized spacial score (nSPS) is 16.3. The van der Waals surface area contributed by atoms with Gasteiger partial charge in [0.25, 0.3) is 0 Å². The number of benzene rings is 1. The van der Waals surface area contributed by atoms with E-state index in [0.717, 1.165) is 6.42 Å². The first-order valence-electron chi connectivity index (χ1n) is 5.83. The summed E-state index contributed by atoms with van der Waals surface area (Å²) in [6, 6.07) is 4.55. The lowest BCUT2D eigenvalue weighted by molar-refractivity contribution is -0.384. The number of nitrogens with one attached hydrogen (secondary N) is 1. The Labute approximate surface area is 109 Å². The Kier molecular flexibility index (Phi) is 3.28. The number of hydrogen-bond donors (Lipinski definition) is 2. The van der Waals surface area contributed by atoms with Crippen LogP contribution in [-0.4, -0.2) is 28.6 Å². The molecule has 1 aliphatic carbocycles. The van der Waals surface area contributed by atoms with Crippen LogP contribution in [0.15, 0.2) is 18.2 Å². The van der Waals surface area contributed by atoms with E-state index in [2.05, 4.69) is 5.32 Å². The first kappa shape index (κ1) is 13.1. The van der Waals surface area contributed by atoms with Crippen LogP contribution < -0.4 is 10.1 Å². The number of carbonyl (C=O) groups is 1. The molecule has 1 saturated carbocycles. The molecule has 102 valence electrons. The molecular weight excluding hydrogens is 252 g/mol. The second-order valence-electron chi connectivity index (χ2n) is 4.48. The van der Waals surface area contributed by atoms with Crippen molar-refractivity contribution >= 4 is 17.3 Å². The van der Waals surface area contributed by atoms with E-state index in [1.165, 1.54) is 19.2 Å². The highest BCUT2D eigenvalue weighted by Gasteiger charge is 2.45. The van der Waals surface area contributed by atoms with E-state index in [4.69, 9.17) is 4.74 Å². The number of nitro benzene ring substituents is 1. The van der Waals surface area contributed by atoms with Crippen molar-refractivity contribution in [2.45, 2.75) is 24.8 Å². The summed E-state index contributed by atoms with van der Waals surface area (Å²) in [6.45, 7) is 0. The fourth-order valence-electron chi connectivity index (χ4n) is 2.16. The van der Waals surface area contributed by atoms with Gasteiger partial charge in [-0.05, 0) is 31.4 Å². The third-order valence-electron chi connectivity index (χ3n) is 3.39. The van der Waals surface area contributed by atoms with Gasteiger partial charge in [-0.25, -0.2) is 4.79 Å². The van der Waals surface area contributed by atoms with Gasteiger partial charge in [0.1, 0.15) is 11.2 Å². The van der Waals surface area contributed by atoms with Gasteiger partial charge in [0.2, 0.25) is 0 Å². The highest BCUT2D eigenvalue weighted by Crippen LogP contribution is 2.41. The Morgan fingerprint density at radius 2 is 2.21 bits per heavy atom.